The molecule has 0 saturated heterocycles. The van der Waals surface area contributed by atoms with Crippen molar-refractivity contribution in [2.45, 2.75) is 19.3 Å². The molecule has 1 heterocycles. The topological polar surface area (TPSA) is 102 Å². The molecule has 0 saturated carbocycles. The number of amides is 1. The predicted octanol–water partition coefficient (Wildman–Crippen LogP) is 2.52. The van der Waals surface area contributed by atoms with Crippen molar-refractivity contribution in [3.8, 4) is 5.75 Å². The second-order valence-electron chi connectivity index (χ2n) is 5.72. The third-order valence-electron chi connectivity index (χ3n) is 4.00. The van der Waals surface area contributed by atoms with Crippen molar-refractivity contribution in [3.63, 3.8) is 0 Å². The number of benzene rings is 1. The molecule has 1 aromatic heterocycles. The molecular formula is C18H17NO6S. The highest BCUT2D eigenvalue weighted by atomic mass is 32.1. The number of nitrogens with one attached hydrogen (secondary N) is 1. The minimum atomic E-state index is -0.679. The second kappa shape index (κ2) is 7.57. The number of esters is 2. The van der Waals surface area contributed by atoms with Crippen LogP contribution in [0.25, 0.3) is 0 Å². The van der Waals surface area contributed by atoms with E-state index in [9.17, 15) is 19.5 Å². The van der Waals surface area contributed by atoms with Crippen LogP contribution in [0.4, 0.5) is 5.00 Å². The van der Waals surface area contributed by atoms with E-state index in [1.165, 1.54) is 42.7 Å². The number of ether oxygens (including phenoxy) is 2. The van der Waals surface area contributed by atoms with Gasteiger partial charge in [0.1, 0.15) is 10.8 Å². The van der Waals surface area contributed by atoms with Gasteiger partial charge in [0.15, 0.2) is 6.61 Å². The number of fused-ring (bicyclic) bond motifs is 1. The lowest BCUT2D eigenvalue weighted by atomic mass is 10.1. The molecule has 0 aliphatic heterocycles. The van der Waals surface area contributed by atoms with Crippen molar-refractivity contribution < 1.29 is 29.0 Å². The van der Waals surface area contributed by atoms with Gasteiger partial charge in [-0.2, -0.15) is 0 Å². The van der Waals surface area contributed by atoms with Crippen LogP contribution in [-0.4, -0.2) is 36.7 Å². The maximum atomic E-state index is 12.1. The van der Waals surface area contributed by atoms with E-state index in [1.807, 2.05) is 0 Å². The lowest BCUT2D eigenvalue weighted by Gasteiger charge is -2.08. The summed E-state index contributed by atoms with van der Waals surface area (Å²) in [7, 11) is 1.30. The molecule has 136 valence electrons. The number of carbonyl (C=O) groups excluding carboxylic acids is 3. The molecule has 0 radical (unpaired) electrons. The van der Waals surface area contributed by atoms with Crippen LogP contribution in [0.3, 0.4) is 0 Å². The molecule has 8 heteroatoms. The van der Waals surface area contributed by atoms with Gasteiger partial charge in [-0.25, -0.2) is 9.59 Å². The summed E-state index contributed by atoms with van der Waals surface area (Å²) < 4.78 is 9.78. The first kappa shape index (κ1) is 17.9. The number of phenolic OH excluding ortho intramolecular Hbond substituents is 1. The highest BCUT2D eigenvalue weighted by Gasteiger charge is 2.28. The monoisotopic (exact) mass is 375 g/mol. The fourth-order valence-electron chi connectivity index (χ4n) is 2.78. The Bertz CT molecular complexity index is 855. The number of hydrogen-bond donors (Lipinski definition) is 2. The largest absolute Gasteiger partial charge is 0.508 e. The van der Waals surface area contributed by atoms with Crippen molar-refractivity contribution in [3.05, 3.63) is 45.8 Å². The van der Waals surface area contributed by atoms with Gasteiger partial charge >= 0.3 is 11.9 Å². The molecule has 3 rings (SSSR count). The number of methoxy groups -OCH3 is 1. The lowest BCUT2D eigenvalue weighted by molar-refractivity contribution is -0.119. The van der Waals surface area contributed by atoms with E-state index in [0.717, 1.165) is 29.7 Å². The van der Waals surface area contributed by atoms with Crippen LogP contribution >= 0.6 is 11.3 Å². The zero-order chi connectivity index (χ0) is 18.7. The van der Waals surface area contributed by atoms with Crippen molar-refractivity contribution in [2.24, 2.45) is 0 Å². The minimum Gasteiger partial charge on any atom is -0.508 e. The highest BCUT2D eigenvalue weighted by molar-refractivity contribution is 7.17. The number of anilines is 1. The predicted molar refractivity (Wildman–Crippen MR) is 94.7 cm³/mol. The Hall–Kier alpha value is -2.87. The first-order valence-corrected chi connectivity index (χ1v) is 8.80. The van der Waals surface area contributed by atoms with E-state index < -0.39 is 24.5 Å². The number of hydrogen-bond acceptors (Lipinski definition) is 7. The maximum absolute atomic E-state index is 12.1. The first-order valence-electron chi connectivity index (χ1n) is 7.98. The molecule has 0 bridgehead atoms. The molecule has 0 spiro atoms. The molecule has 1 aliphatic carbocycles. The molecule has 0 fully saturated rings. The highest BCUT2D eigenvalue weighted by Crippen LogP contribution is 2.39. The Morgan fingerprint density at radius 2 is 1.88 bits per heavy atom. The van der Waals surface area contributed by atoms with Crippen LogP contribution in [0.15, 0.2) is 24.3 Å². The molecule has 2 aromatic rings. The average Bonchev–Trinajstić information content (AvgIpc) is 3.20. The zero-order valence-corrected chi connectivity index (χ0v) is 14.9. The summed E-state index contributed by atoms with van der Waals surface area (Å²) in [6, 6.07) is 5.50. The fraction of sp³-hybridized carbons (Fsp3) is 0.278. The molecule has 0 atom stereocenters. The van der Waals surface area contributed by atoms with Crippen molar-refractivity contribution in [1.82, 2.24) is 0 Å². The fourth-order valence-corrected chi connectivity index (χ4v) is 4.08. The standard InChI is InChI=1S/C18H17NO6S/c1-24-18(23)15-12-3-2-4-13(12)26-16(15)19-14(21)9-25-17(22)10-5-7-11(20)8-6-10/h5-8,20H,2-4,9H2,1H3,(H,19,21). The number of rotatable bonds is 5. The summed E-state index contributed by atoms with van der Waals surface area (Å²) in [6.45, 7) is -0.483. The molecule has 1 amide bonds. The summed E-state index contributed by atoms with van der Waals surface area (Å²) in [4.78, 5) is 37.1. The van der Waals surface area contributed by atoms with E-state index in [0.29, 0.717) is 10.6 Å². The Labute approximate surface area is 153 Å². The Morgan fingerprint density at radius 1 is 1.15 bits per heavy atom. The van der Waals surface area contributed by atoms with Gasteiger partial charge in [-0.3, -0.25) is 4.79 Å². The smallest absolute Gasteiger partial charge is 0.341 e. The van der Waals surface area contributed by atoms with Gasteiger partial charge in [0, 0.05) is 4.88 Å². The molecule has 1 aliphatic rings. The lowest BCUT2D eigenvalue weighted by Crippen LogP contribution is -2.21. The van der Waals surface area contributed by atoms with Crippen molar-refractivity contribution in [1.29, 1.82) is 0 Å². The van der Waals surface area contributed by atoms with Gasteiger partial charge in [-0.15, -0.1) is 11.3 Å². The van der Waals surface area contributed by atoms with Crippen LogP contribution in [-0.2, 0) is 27.1 Å². The van der Waals surface area contributed by atoms with E-state index in [4.69, 9.17) is 9.47 Å². The summed E-state index contributed by atoms with van der Waals surface area (Å²) in [6.07, 6.45) is 2.63. The van der Waals surface area contributed by atoms with Crippen molar-refractivity contribution in [2.75, 3.05) is 19.0 Å². The van der Waals surface area contributed by atoms with Gasteiger partial charge in [0.05, 0.1) is 18.2 Å². The van der Waals surface area contributed by atoms with Crippen LogP contribution in [0, 0.1) is 0 Å². The summed E-state index contributed by atoms with van der Waals surface area (Å²) in [5.74, 6) is -1.68. The summed E-state index contributed by atoms with van der Waals surface area (Å²) >= 11 is 1.35. The van der Waals surface area contributed by atoms with E-state index in [-0.39, 0.29) is 11.3 Å². The number of aryl methyl sites for hydroxylation is 1. The first-order chi connectivity index (χ1) is 12.5. The van der Waals surface area contributed by atoms with Gasteiger partial charge in [-0.05, 0) is 49.1 Å². The number of aromatic hydroxyl groups is 1. The minimum absolute atomic E-state index is 0.0281. The maximum Gasteiger partial charge on any atom is 0.341 e. The summed E-state index contributed by atoms with van der Waals surface area (Å²) in [5, 5.41) is 12.3. The van der Waals surface area contributed by atoms with Gasteiger partial charge in [0.25, 0.3) is 5.91 Å². The average molecular weight is 375 g/mol. The number of carbonyl (C=O) groups is 3. The van der Waals surface area contributed by atoms with Gasteiger partial charge < -0.3 is 19.9 Å². The normalized spacial score (nSPS) is 12.3. The Kier molecular flexibility index (Phi) is 5.22. The van der Waals surface area contributed by atoms with Crippen LogP contribution in [0.5, 0.6) is 5.75 Å². The third kappa shape index (κ3) is 3.70. The molecule has 0 unspecified atom stereocenters. The number of phenols is 1. The summed E-state index contributed by atoms with van der Waals surface area (Å²) in [5.41, 5.74) is 1.54. The molecule has 26 heavy (non-hydrogen) atoms. The van der Waals surface area contributed by atoms with E-state index in [2.05, 4.69) is 5.32 Å². The van der Waals surface area contributed by atoms with Crippen molar-refractivity contribution >= 4 is 34.2 Å². The number of thiophene rings is 1. The van der Waals surface area contributed by atoms with Crippen LogP contribution in [0.1, 0.15) is 37.6 Å². The molecule has 2 N–H and O–H groups in total. The molecule has 7 nitrogen and oxygen atoms in total. The van der Waals surface area contributed by atoms with E-state index in [1.54, 1.807) is 0 Å². The SMILES string of the molecule is COC(=O)c1c(NC(=O)COC(=O)c2ccc(O)cc2)sc2c1CCC2. The van der Waals surface area contributed by atoms with Gasteiger partial charge in [0.2, 0.25) is 0 Å². The quantitative estimate of drug-likeness (QED) is 0.779. The van der Waals surface area contributed by atoms with Gasteiger partial charge in [-0.1, -0.05) is 0 Å². The van der Waals surface area contributed by atoms with Crippen LogP contribution < -0.4 is 5.32 Å². The second-order valence-corrected chi connectivity index (χ2v) is 6.83. The Balaban J connectivity index is 1.64. The molecule has 1 aromatic carbocycles. The Morgan fingerprint density at radius 3 is 2.58 bits per heavy atom. The van der Waals surface area contributed by atoms with E-state index >= 15 is 0 Å². The zero-order valence-electron chi connectivity index (χ0n) is 14.0. The third-order valence-corrected chi connectivity index (χ3v) is 5.21. The van der Waals surface area contributed by atoms with Crippen LogP contribution in [0.2, 0.25) is 0 Å². The molecular weight excluding hydrogens is 358 g/mol.